The SMILES string of the molecule is O=C(c1ccc([N+](=O)[O-])nc1)N1CCCCC1. The fraction of sp³-hybridized carbons (Fsp3) is 0.455. The Morgan fingerprint density at radius 3 is 2.53 bits per heavy atom. The van der Waals surface area contributed by atoms with E-state index in [9.17, 15) is 14.9 Å². The zero-order valence-corrected chi connectivity index (χ0v) is 9.33. The van der Waals surface area contributed by atoms with Crippen molar-refractivity contribution in [3.8, 4) is 0 Å². The first-order chi connectivity index (χ1) is 8.18. The number of likely N-dealkylation sites (tertiary alicyclic amines) is 1. The summed E-state index contributed by atoms with van der Waals surface area (Å²) in [4.78, 5) is 27.3. The maximum atomic E-state index is 12.0. The largest absolute Gasteiger partial charge is 0.363 e. The van der Waals surface area contributed by atoms with Crippen LogP contribution < -0.4 is 0 Å². The molecule has 2 heterocycles. The van der Waals surface area contributed by atoms with Crippen LogP contribution in [0.1, 0.15) is 29.6 Å². The zero-order chi connectivity index (χ0) is 12.3. The molecule has 6 nitrogen and oxygen atoms in total. The van der Waals surface area contributed by atoms with Gasteiger partial charge in [0.25, 0.3) is 5.91 Å². The highest BCUT2D eigenvalue weighted by Gasteiger charge is 2.20. The summed E-state index contributed by atoms with van der Waals surface area (Å²) >= 11 is 0. The van der Waals surface area contributed by atoms with E-state index in [2.05, 4.69) is 4.98 Å². The predicted molar refractivity (Wildman–Crippen MR) is 60.6 cm³/mol. The summed E-state index contributed by atoms with van der Waals surface area (Å²) in [5.74, 6) is -0.327. The van der Waals surface area contributed by atoms with Gasteiger partial charge in [-0.15, -0.1) is 0 Å². The maximum absolute atomic E-state index is 12.0. The van der Waals surface area contributed by atoms with Crippen molar-refractivity contribution < 1.29 is 9.72 Å². The molecular formula is C11H13N3O3. The van der Waals surface area contributed by atoms with Gasteiger partial charge in [-0.3, -0.25) is 4.79 Å². The zero-order valence-electron chi connectivity index (χ0n) is 9.33. The average Bonchev–Trinajstić information content (AvgIpc) is 2.39. The minimum atomic E-state index is -0.574. The molecule has 0 aromatic carbocycles. The summed E-state index contributed by atoms with van der Waals surface area (Å²) in [7, 11) is 0. The summed E-state index contributed by atoms with van der Waals surface area (Å²) in [6, 6.07) is 2.72. The highest BCUT2D eigenvalue weighted by molar-refractivity contribution is 5.94. The van der Waals surface area contributed by atoms with Crippen LogP contribution in [0.3, 0.4) is 0 Å². The second kappa shape index (κ2) is 4.90. The lowest BCUT2D eigenvalue weighted by atomic mass is 10.1. The summed E-state index contributed by atoms with van der Waals surface area (Å²) < 4.78 is 0. The smallest absolute Gasteiger partial charge is 0.358 e. The van der Waals surface area contributed by atoms with E-state index in [1.165, 1.54) is 18.3 Å². The van der Waals surface area contributed by atoms with Crippen molar-refractivity contribution in [2.24, 2.45) is 0 Å². The fourth-order valence-electron chi connectivity index (χ4n) is 1.90. The lowest BCUT2D eigenvalue weighted by Gasteiger charge is -2.26. The van der Waals surface area contributed by atoms with Crippen LogP contribution in [0, 0.1) is 10.1 Å². The van der Waals surface area contributed by atoms with Gasteiger partial charge in [0.15, 0.2) is 6.20 Å². The Hall–Kier alpha value is -1.98. The van der Waals surface area contributed by atoms with Gasteiger partial charge in [0.05, 0.1) is 5.56 Å². The Bertz CT molecular complexity index is 424. The molecule has 1 aliphatic rings. The number of amides is 1. The standard InChI is InChI=1S/C11H13N3O3/c15-11(13-6-2-1-3-7-13)9-4-5-10(12-8-9)14(16)17/h4-5,8H,1-3,6-7H2. The molecule has 1 fully saturated rings. The van der Waals surface area contributed by atoms with Crippen LogP contribution in [0.2, 0.25) is 0 Å². The topological polar surface area (TPSA) is 76.3 Å². The van der Waals surface area contributed by atoms with Crippen LogP contribution >= 0.6 is 0 Å². The van der Waals surface area contributed by atoms with E-state index in [1.807, 2.05) is 0 Å². The van der Waals surface area contributed by atoms with Gasteiger partial charge in [-0.05, 0) is 35.2 Å². The normalized spacial score (nSPS) is 15.6. The summed E-state index contributed by atoms with van der Waals surface area (Å²) in [5.41, 5.74) is 0.414. The summed E-state index contributed by atoms with van der Waals surface area (Å²) in [5, 5.41) is 10.4. The van der Waals surface area contributed by atoms with E-state index in [0.717, 1.165) is 32.4 Å². The number of nitro groups is 1. The molecule has 0 aliphatic carbocycles. The Balaban J connectivity index is 2.10. The van der Waals surface area contributed by atoms with Gasteiger partial charge in [0, 0.05) is 19.2 Å². The molecule has 0 spiro atoms. The van der Waals surface area contributed by atoms with E-state index in [0.29, 0.717) is 5.56 Å². The van der Waals surface area contributed by atoms with E-state index in [1.54, 1.807) is 4.90 Å². The Labute approximate surface area is 98.4 Å². The monoisotopic (exact) mass is 235 g/mol. The van der Waals surface area contributed by atoms with Gasteiger partial charge >= 0.3 is 5.82 Å². The number of nitrogens with zero attached hydrogens (tertiary/aromatic N) is 3. The number of piperidine rings is 1. The first-order valence-electron chi connectivity index (χ1n) is 5.58. The number of carbonyl (C=O) groups excluding carboxylic acids is 1. The fourth-order valence-corrected chi connectivity index (χ4v) is 1.90. The van der Waals surface area contributed by atoms with Gasteiger partial charge in [0.1, 0.15) is 0 Å². The second-order valence-electron chi connectivity index (χ2n) is 4.02. The first-order valence-corrected chi connectivity index (χ1v) is 5.58. The van der Waals surface area contributed by atoms with Gasteiger partial charge in [-0.25, -0.2) is 0 Å². The quantitative estimate of drug-likeness (QED) is 0.576. The average molecular weight is 235 g/mol. The van der Waals surface area contributed by atoms with Crippen molar-refractivity contribution in [3.63, 3.8) is 0 Å². The van der Waals surface area contributed by atoms with Crippen LogP contribution in [-0.2, 0) is 0 Å². The highest BCUT2D eigenvalue weighted by Crippen LogP contribution is 2.14. The predicted octanol–water partition coefficient (Wildman–Crippen LogP) is 1.62. The number of hydrogen-bond donors (Lipinski definition) is 0. The van der Waals surface area contributed by atoms with Crippen molar-refractivity contribution in [3.05, 3.63) is 34.0 Å². The lowest BCUT2D eigenvalue weighted by Crippen LogP contribution is -2.35. The molecule has 1 saturated heterocycles. The van der Waals surface area contributed by atoms with E-state index >= 15 is 0 Å². The molecule has 90 valence electrons. The number of pyridine rings is 1. The third-order valence-electron chi connectivity index (χ3n) is 2.83. The van der Waals surface area contributed by atoms with Crippen LogP contribution in [0.15, 0.2) is 18.3 Å². The molecule has 1 amide bonds. The number of aromatic nitrogens is 1. The molecule has 0 unspecified atom stereocenters. The van der Waals surface area contributed by atoms with Gasteiger partial charge in [-0.2, -0.15) is 0 Å². The Morgan fingerprint density at radius 2 is 2.00 bits per heavy atom. The minimum absolute atomic E-state index is 0.0907. The lowest BCUT2D eigenvalue weighted by molar-refractivity contribution is -0.389. The molecule has 2 rings (SSSR count). The molecule has 0 saturated carbocycles. The van der Waals surface area contributed by atoms with Crippen LogP contribution in [-0.4, -0.2) is 33.8 Å². The third-order valence-corrected chi connectivity index (χ3v) is 2.83. The second-order valence-corrected chi connectivity index (χ2v) is 4.02. The third kappa shape index (κ3) is 2.58. The van der Waals surface area contributed by atoms with Crippen molar-refractivity contribution in [2.45, 2.75) is 19.3 Å². The molecule has 1 aliphatic heterocycles. The van der Waals surface area contributed by atoms with Crippen molar-refractivity contribution in [1.82, 2.24) is 9.88 Å². The van der Waals surface area contributed by atoms with Crippen molar-refractivity contribution >= 4 is 11.7 Å². The van der Waals surface area contributed by atoms with Crippen molar-refractivity contribution in [2.75, 3.05) is 13.1 Å². The Morgan fingerprint density at radius 1 is 1.29 bits per heavy atom. The molecule has 17 heavy (non-hydrogen) atoms. The molecular weight excluding hydrogens is 222 g/mol. The molecule has 0 atom stereocenters. The van der Waals surface area contributed by atoms with Crippen LogP contribution in [0.25, 0.3) is 0 Å². The molecule has 1 aromatic rings. The molecule has 0 radical (unpaired) electrons. The number of hydrogen-bond acceptors (Lipinski definition) is 4. The van der Waals surface area contributed by atoms with E-state index < -0.39 is 4.92 Å². The van der Waals surface area contributed by atoms with Crippen LogP contribution in [0.4, 0.5) is 5.82 Å². The Kier molecular flexibility index (Phi) is 3.32. The van der Waals surface area contributed by atoms with Crippen LogP contribution in [0.5, 0.6) is 0 Å². The molecule has 6 heteroatoms. The minimum Gasteiger partial charge on any atom is -0.358 e. The van der Waals surface area contributed by atoms with E-state index in [4.69, 9.17) is 0 Å². The number of rotatable bonds is 2. The maximum Gasteiger partial charge on any atom is 0.363 e. The van der Waals surface area contributed by atoms with Gasteiger partial charge in [-0.1, -0.05) is 0 Å². The number of carbonyl (C=O) groups is 1. The van der Waals surface area contributed by atoms with Crippen molar-refractivity contribution in [1.29, 1.82) is 0 Å². The van der Waals surface area contributed by atoms with Gasteiger partial charge in [0.2, 0.25) is 0 Å². The van der Waals surface area contributed by atoms with E-state index in [-0.39, 0.29) is 11.7 Å². The molecule has 0 N–H and O–H groups in total. The van der Waals surface area contributed by atoms with Gasteiger partial charge < -0.3 is 15.0 Å². The molecule has 1 aromatic heterocycles. The highest BCUT2D eigenvalue weighted by atomic mass is 16.6. The molecule has 0 bridgehead atoms. The summed E-state index contributed by atoms with van der Waals surface area (Å²) in [6.45, 7) is 1.52. The summed E-state index contributed by atoms with van der Waals surface area (Å²) in [6.07, 6.45) is 4.47. The first kappa shape index (κ1) is 11.5.